The van der Waals surface area contributed by atoms with Crippen LogP contribution in [0.4, 0.5) is 0 Å². The SMILES string of the molecule is Cc1ocnc1C1CCC(N)CN1C. The van der Waals surface area contributed by atoms with Crippen LogP contribution >= 0.6 is 0 Å². The topological polar surface area (TPSA) is 55.3 Å². The molecule has 1 fully saturated rings. The summed E-state index contributed by atoms with van der Waals surface area (Å²) in [6.07, 6.45) is 3.67. The van der Waals surface area contributed by atoms with Crippen LogP contribution in [0.2, 0.25) is 0 Å². The predicted octanol–water partition coefficient (Wildman–Crippen LogP) is 1.08. The Morgan fingerprint density at radius 1 is 1.57 bits per heavy atom. The van der Waals surface area contributed by atoms with E-state index >= 15 is 0 Å². The summed E-state index contributed by atoms with van der Waals surface area (Å²) in [5, 5.41) is 0. The standard InChI is InChI=1S/C10H17N3O/c1-7-10(12-6-14-7)9-4-3-8(11)5-13(9)2/h6,8-9H,3-5,11H2,1-2H3. The van der Waals surface area contributed by atoms with Crippen LogP contribution in [0.1, 0.15) is 30.3 Å². The first-order valence-corrected chi connectivity index (χ1v) is 5.04. The molecule has 2 heterocycles. The third-order valence-electron chi connectivity index (χ3n) is 2.96. The highest BCUT2D eigenvalue weighted by atomic mass is 16.3. The molecule has 0 spiro atoms. The number of oxazole rings is 1. The van der Waals surface area contributed by atoms with Gasteiger partial charge in [-0.1, -0.05) is 0 Å². The number of aromatic nitrogens is 1. The minimum Gasteiger partial charge on any atom is -0.448 e. The van der Waals surface area contributed by atoms with Crippen LogP contribution in [0.25, 0.3) is 0 Å². The first-order valence-electron chi connectivity index (χ1n) is 5.04. The van der Waals surface area contributed by atoms with E-state index < -0.39 is 0 Å². The molecule has 0 aliphatic carbocycles. The maximum Gasteiger partial charge on any atom is 0.181 e. The second-order valence-electron chi connectivity index (χ2n) is 4.09. The Kier molecular flexibility index (Phi) is 2.56. The third-order valence-corrected chi connectivity index (χ3v) is 2.96. The van der Waals surface area contributed by atoms with Gasteiger partial charge in [0.05, 0.1) is 11.7 Å². The lowest BCUT2D eigenvalue weighted by molar-refractivity contribution is 0.165. The van der Waals surface area contributed by atoms with Crippen molar-refractivity contribution < 1.29 is 4.42 Å². The zero-order valence-electron chi connectivity index (χ0n) is 8.73. The monoisotopic (exact) mass is 195 g/mol. The van der Waals surface area contributed by atoms with Crippen LogP contribution in [0.15, 0.2) is 10.8 Å². The molecule has 0 aromatic carbocycles. The molecule has 2 unspecified atom stereocenters. The fraction of sp³-hybridized carbons (Fsp3) is 0.700. The number of rotatable bonds is 1. The lowest BCUT2D eigenvalue weighted by Crippen LogP contribution is -2.42. The van der Waals surface area contributed by atoms with E-state index in [4.69, 9.17) is 10.2 Å². The average Bonchev–Trinajstić information content (AvgIpc) is 2.52. The molecule has 14 heavy (non-hydrogen) atoms. The van der Waals surface area contributed by atoms with Crippen molar-refractivity contribution in [2.24, 2.45) is 5.73 Å². The number of nitrogens with two attached hydrogens (primary N) is 1. The minimum atomic E-state index is 0.309. The van der Waals surface area contributed by atoms with Gasteiger partial charge in [0, 0.05) is 12.6 Å². The summed E-state index contributed by atoms with van der Waals surface area (Å²) in [6.45, 7) is 2.90. The van der Waals surface area contributed by atoms with Crippen LogP contribution in [-0.2, 0) is 0 Å². The maximum atomic E-state index is 5.89. The Morgan fingerprint density at radius 2 is 2.36 bits per heavy atom. The molecule has 1 aliphatic rings. The van der Waals surface area contributed by atoms with Crippen molar-refractivity contribution in [1.82, 2.24) is 9.88 Å². The van der Waals surface area contributed by atoms with E-state index in [9.17, 15) is 0 Å². The van der Waals surface area contributed by atoms with Gasteiger partial charge in [-0.05, 0) is 26.8 Å². The van der Waals surface area contributed by atoms with Gasteiger partial charge in [-0.2, -0.15) is 0 Å². The van der Waals surface area contributed by atoms with E-state index in [-0.39, 0.29) is 0 Å². The van der Waals surface area contributed by atoms with Gasteiger partial charge in [0.25, 0.3) is 0 Å². The van der Waals surface area contributed by atoms with Crippen molar-refractivity contribution >= 4 is 0 Å². The van der Waals surface area contributed by atoms with Gasteiger partial charge in [0.1, 0.15) is 5.76 Å². The van der Waals surface area contributed by atoms with Crippen molar-refractivity contribution in [3.05, 3.63) is 17.8 Å². The highest BCUT2D eigenvalue weighted by Gasteiger charge is 2.27. The molecule has 2 rings (SSSR count). The quantitative estimate of drug-likeness (QED) is 0.728. The lowest BCUT2D eigenvalue weighted by Gasteiger charge is -2.34. The molecule has 78 valence electrons. The van der Waals surface area contributed by atoms with Crippen molar-refractivity contribution in [2.45, 2.75) is 31.8 Å². The normalized spacial score (nSPS) is 29.4. The predicted molar refractivity (Wildman–Crippen MR) is 53.8 cm³/mol. The van der Waals surface area contributed by atoms with Crippen LogP contribution in [0, 0.1) is 6.92 Å². The number of likely N-dealkylation sites (tertiary alicyclic amines) is 1. The Balaban J connectivity index is 2.15. The molecule has 2 N–H and O–H groups in total. The third kappa shape index (κ3) is 1.67. The van der Waals surface area contributed by atoms with Crippen molar-refractivity contribution in [1.29, 1.82) is 0 Å². The van der Waals surface area contributed by atoms with Crippen LogP contribution in [0.5, 0.6) is 0 Å². The van der Waals surface area contributed by atoms with Crippen LogP contribution in [0.3, 0.4) is 0 Å². The highest BCUT2D eigenvalue weighted by molar-refractivity contribution is 5.12. The molecule has 0 amide bonds. The summed E-state index contributed by atoms with van der Waals surface area (Å²) in [5.74, 6) is 0.928. The fourth-order valence-corrected chi connectivity index (χ4v) is 2.16. The molecule has 2 atom stereocenters. The van der Waals surface area contributed by atoms with Gasteiger partial charge in [-0.3, -0.25) is 4.90 Å². The summed E-state index contributed by atoms with van der Waals surface area (Å²) >= 11 is 0. The molecule has 1 aliphatic heterocycles. The number of aryl methyl sites for hydroxylation is 1. The molecule has 1 aromatic rings. The Labute approximate surface area is 84.1 Å². The lowest BCUT2D eigenvalue weighted by atomic mass is 9.96. The maximum absolute atomic E-state index is 5.89. The minimum absolute atomic E-state index is 0.309. The largest absolute Gasteiger partial charge is 0.448 e. The average molecular weight is 195 g/mol. The van der Waals surface area contributed by atoms with Gasteiger partial charge in [0.2, 0.25) is 0 Å². The fourth-order valence-electron chi connectivity index (χ4n) is 2.16. The molecule has 1 aromatic heterocycles. The number of likely N-dealkylation sites (N-methyl/N-ethyl adjacent to an activating group) is 1. The summed E-state index contributed by atoms with van der Waals surface area (Å²) in [6, 6.07) is 0.692. The van der Waals surface area contributed by atoms with Gasteiger partial charge < -0.3 is 10.2 Å². The summed E-state index contributed by atoms with van der Waals surface area (Å²) in [7, 11) is 2.10. The highest BCUT2D eigenvalue weighted by Crippen LogP contribution is 2.29. The summed E-state index contributed by atoms with van der Waals surface area (Å²) in [4.78, 5) is 6.53. The van der Waals surface area contributed by atoms with E-state index in [0.717, 1.165) is 30.8 Å². The molecule has 0 radical (unpaired) electrons. The van der Waals surface area contributed by atoms with Crippen LogP contribution in [-0.4, -0.2) is 29.5 Å². The van der Waals surface area contributed by atoms with E-state index in [1.165, 1.54) is 6.39 Å². The van der Waals surface area contributed by atoms with Gasteiger partial charge in [-0.25, -0.2) is 4.98 Å². The van der Waals surface area contributed by atoms with E-state index in [1.54, 1.807) is 0 Å². The van der Waals surface area contributed by atoms with Crippen molar-refractivity contribution in [2.75, 3.05) is 13.6 Å². The molecule has 4 nitrogen and oxygen atoms in total. The second-order valence-corrected chi connectivity index (χ2v) is 4.09. The van der Waals surface area contributed by atoms with Gasteiger partial charge >= 0.3 is 0 Å². The Hall–Kier alpha value is -0.870. The molecule has 1 saturated heterocycles. The number of hydrogen-bond acceptors (Lipinski definition) is 4. The molecular formula is C10H17N3O. The molecule has 4 heteroatoms. The summed E-state index contributed by atoms with van der Waals surface area (Å²) < 4.78 is 5.22. The van der Waals surface area contributed by atoms with Crippen molar-refractivity contribution in [3.8, 4) is 0 Å². The Bertz CT molecular complexity index is 310. The number of nitrogens with zero attached hydrogens (tertiary/aromatic N) is 2. The molecular weight excluding hydrogens is 178 g/mol. The second kappa shape index (κ2) is 3.71. The Morgan fingerprint density at radius 3 is 2.93 bits per heavy atom. The van der Waals surface area contributed by atoms with Gasteiger partial charge in [-0.15, -0.1) is 0 Å². The zero-order valence-corrected chi connectivity index (χ0v) is 8.73. The van der Waals surface area contributed by atoms with E-state index in [1.807, 2.05) is 6.92 Å². The zero-order chi connectivity index (χ0) is 10.1. The number of hydrogen-bond donors (Lipinski definition) is 1. The number of piperidine rings is 1. The van der Waals surface area contributed by atoms with Crippen LogP contribution < -0.4 is 5.73 Å². The van der Waals surface area contributed by atoms with Crippen molar-refractivity contribution in [3.63, 3.8) is 0 Å². The van der Waals surface area contributed by atoms with Gasteiger partial charge in [0.15, 0.2) is 6.39 Å². The smallest absolute Gasteiger partial charge is 0.181 e. The molecule has 0 bridgehead atoms. The van der Waals surface area contributed by atoms with E-state index in [0.29, 0.717) is 12.1 Å². The summed E-state index contributed by atoms with van der Waals surface area (Å²) in [5.41, 5.74) is 6.96. The first kappa shape index (κ1) is 9.68. The molecule has 0 saturated carbocycles. The van der Waals surface area contributed by atoms with E-state index in [2.05, 4.69) is 16.9 Å². The first-order chi connectivity index (χ1) is 6.68.